The molecule has 0 fully saturated rings. The van der Waals surface area contributed by atoms with Crippen LogP contribution in [0.15, 0.2) is 65.5 Å². The lowest BCUT2D eigenvalue weighted by molar-refractivity contribution is -0.136. The Labute approximate surface area is 156 Å². The summed E-state index contributed by atoms with van der Waals surface area (Å²) in [4.78, 5) is 28.2. The maximum absolute atomic E-state index is 12.2. The highest BCUT2D eigenvalue weighted by Gasteiger charge is 2.18. The van der Waals surface area contributed by atoms with E-state index in [4.69, 9.17) is 9.15 Å². The van der Waals surface area contributed by atoms with Crippen LogP contribution >= 0.6 is 0 Å². The Morgan fingerprint density at radius 3 is 2.56 bits per heavy atom. The zero-order chi connectivity index (χ0) is 19.2. The molecule has 27 heavy (non-hydrogen) atoms. The summed E-state index contributed by atoms with van der Waals surface area (Å²) in [7, 11) is 1.51. The van der Waals surface area contributed by atoms with Crippen molar-refractivity contribution in [1.29, 1.82) is 0 Å². The Balaban J connectivity index is 1.67. The number of nitrogens with one attached hydrogen (secondary N) is 2. The number of methoxy groups -OCH3 is 1. The van der Waals surface area contributed by atoms with Crippen molar-refractivity contribution >= 4 is 17.5 Å². The van der Waals surface area contributed by atoms with Gasteiger partial charge >= 0.3 is 11.8 Å². The normalized spacial score (nSPS) is 11.5. The Bertz CT molecular complexity index is 924. The second-order valence-corrected chi connectivity index (χ2v) is 5.84. The van der Waals surface area contributed by atoms with Crippen molar-refractivity contribution in [2.75, 3.05) is 12.4 Å². The predicted molar refractivity (Wildman–Crippen MR) is 100 cm³/mol. The second kappa shape index (κ2) is 8.18. The van der Waals surface area contributed by atoms with Crippen molar-refractivity contribution in [1.82, 2.24) is 10.3 Å². The van der Waals surface area contributed by atoms with Crippen LogP contribution in [0.1, 0.15) is 18.5 Å². The number of rotatable bonds is 5. The van der Waals surface area contributed by atoms with E-state index in [1.807, 2.05) is 37.3 Å². The maximum atomic E-state index is 12.2. The minimum absolute atomic E-state index is 0.284. The lowest BCUT2D eigenvalue weighted by Gasteiger charge is -2.14. The fourth-order valence-corrected chi connectivity index (χ4v) is 2.60. The van der Waals surface area contributed by atoms with Gasteiger partial charge in [-0.2, -0.15) is 0 Å². The molecule has 0 saturated heterocycles. The van der Waals surface area contributed by atoms with Crippen LogP contribution in [-0.2, 0) is 9.59 Å². The van der Waals surface area contributed by atoms with Crippen LogP contribution in [0, 0.1) is 0 Å². The largest absolute Gasteiger partial charge is 0.496 e. The fourth-order valence-electron chi connectivity index (χ4n) is 2.60. The number of carbonyl (C=O) groups is 2. The molecule has 0 aliphatic carbocycles. The Hall–Kier alpha value is -3.61. The molecule has 138 valence electrons. The predicted octanol–water partition coefficient (Wildman–Crippen LogP) is 3.17. The summed E-state index contributed by atoms with van der Waals surface area (Å²) >= 11 is 0. The number of nitrogens with zero attached hydrogens (tertiary/aromatic N) is 1. The molecule has 1 aromatic heterocycles. The molecule has 2 N–H and O–H groups in total. The molecule has 0 aliphatic rings. The Morgan fingerprint density at radius 1 is 1.11 bits per heavy atom. The summed E-state index contributed by atoms with van der Waals surface area (Å²) in [5.41, 5.74) is 2.04. The van der Waals surface area contributed by atoms with Crippen molar-refractivity contribution in [3.63, 3.8) is 0 Å². The van der Waals surface area contributed by atoms with Gasteiger partial charge in [-0.15, -0.1) is 0 Å². The first-order valence-electron chi connectivity index (χ1n) is 8.32. The van der Waals surface area contributed by atoms with Crippen molar-refractivity contribution < 1.29 is 18.7 Å². The van der Waals surface area contributed by atoms with Crippen LogP contribution in [-0.4, -0.2) is 23.9 Å². The fraction of sp³-hybridized carbons (Fsp3) is 0.150. The monoisotopic (exact) mass is 365 g/mol. The molecule has 7 heteroatoms. The molecule has 2 aromatic carbocycles. The van der Waals surface area contributed by atoms with Gasteiger partial charge in [-0.25, -0.2) is 4.98 Å². The number of hydrogen-bond donors (Lipinski definition) is 2. The standard InChI is InChI=1S/C20H19N3O4/c1-13(14-6-4-3-5-7-14)22-19(24)20(25)23-15-8-9-16(17(10-15)26-2)18-11-21-12-27-18/h3-13H,1-2H3,(H,22,24)(H,23,25). The first kappa shape index (κ1) is 18.2. The highest BCUT2D eigenvalue weighted by molar-refractivity contribution is 6.39. The number of carbonyl (C=O) groups excluding carboxylic acids is 2. The zero-order valence-corrected chi connectivity index (χ0v) is 14.9. The number of amides is 2. The molecule has 0 saturated carbocycles. The van der Waals surface area contributed by atoms with Gasteiger partial charge in [-0.1, -0.05) is 30.3 Å². The van der Waals surface area contributed by atoms with Crippen LogP contribution in [0.4, 0.5) is 5.69 Å². The molecule has 7 nitrogen and oxygen atoms in total. The number of hydrogen-bond acceptors (Lipinski definition) is 5. The average Bonchev–Trinajstić information content (AvgIpc) is 3.23. The summed E-state index contributed by atoms with van der Waals surface area (Å²) in [6.45, 7) is 1.82. The molecule has 3 aromatic rings. The van der Waals surface area contributed by atoms with Crippen molar-refractivity contribution in [2.45, 2.75) is 13.0 Å². The number of benzene rings is 2. The minimum atomic E-state index is -0.757. The lowest BCUT2D eigenvalue weighted by Crippen LogP contribution is -2.36. The number of oxazole rings is 1. The van der Waals surface area contributed by atoms with E-state index in [1.165, 1.54) is 13.5 Å². The van der Waals surface area contributed by atoms with Crippen LogP contribution in [0.2, 0.25) is 0 Å². The van der Waals surface area contributed by atoms with E-state index >= 15 is 0 Å². The van der Waals surface area contributed by atoms with Gasteiger partial charge in [0.15, 0.2) is 12.2 Å². The van der Waals surface area contributed by atoms with Gasteiger partial charge in [-0.05, 0) is 24.6 Å². The molecular formula is C20H19N3O4. The Kier molecular flexibility index (Phi) is 5.51. The van der Waals surface area contributed by atoms with Crippen molar-refractivity contribution in [2.24, 2.45) is 0 Å². The van der Waals surface area contributed by atoms with Crippen molar-refractivity contribution in [3.05, 3.63) is 66.7 Å². The van der Waals surface area contributed by atoms with Crippen molar-refractivity contribution in [3.8, 4) is 17.1 Å². The van der Waals surface area contributed by atoms with Gasteiger partial charge in [0.25, 0.3) is 0 Å². The molecule has 0 bridgehead atoms. The molecule has 2 amide bonds. The molecule has 1 heterocycles. The Morgan fingerprint density at radius 2 is 1.89 bits per heavy atom. The van der Waals surface area contributed by atoms with E-state index in [9.17, 15) is 9.59 Å². The van der Waals surface area contributed by atoms with Gasteiger partial charge < -0.3 is 19.8 Å². The third-order valence-electron chi connectivity index (χ3n) is 4.01. The first-order chi connectivity index (χ1) is 13.1. The van der Waals surface area contributed by atoms with Crippen LogP contribution in [0.25, 0.3) is 11.3 Å². The smallest absolute Gasteiger partial charge is 0.313 e. The highest BCUT2D eigenvalue weighted by Crippen LogP contribution is 2.32. The summed E-state index contributed by atoms with van der Waals surface area (Å²) < 4.78 is 10.6. The second-order valence-electron chi connectivity index (χ2n) is 5.84. The number of aromatic nitrogens is 1. The molecule has 0 spiro atoms. The number of ether oxygens (including phenoxy) is 1. The summed E-state index contributed by atoms with van der Waals surface area (Å²) in [6.07, 6.45) is 2.89. The van der Waals surface area contributed by atoms with Gasteiger partial charge in [0, 0.05) is 11.8 Å². The first-order valence-corrected chi connectivity index (χ1v) is 8.32. The third-order valence-corrected chi connectivity index (χ3v) is 4.01. The van der Waals surface area contributed by atoms with E-state index in [0.29, 0.717) is 22.8 Å². The van der Waals surface area contributed by atoms with Gasteiger partial charge in [0.1, 0.15) is 5.75 Å². The SMILES string of the molecule is COc1cc(NC(=O)C(=O)NC(C)c2ccccc2)ccc1-c1cnco1. The number of anilines is 1. The lowest BCUT2D eigenvalue weighted by atomic mass is 10.1. The molecule has 1 unspecified atom stereocenters. The summed E-state index contributed by atoms with van der Waals surface area (Å²) in [5.74, 6) is -0.446. The quantitative estimate of drug-likeness (QED) is 0.678. The third kappa shape index (κ3) is 4.33. The zero-order valence-electron chi connectivity index (χ0n) is 14.9. The van der Waals surface area contributed by atoms with Gasteiger partial charge in [0.05, 0.1) is 24.9 Å². The van der Waals surface area contributed by atoms with E-state index in [2.05, 4.69) is 15.6 Å². The topological polar surface area (TPSA) is 93.5 Å². The highest BCUT2D eigenvalue weighted by atomic mass is 16.5. The van der Waals surface area contributed by atoms with Gasteiger partial charge in [-0.3, -0.25) is 9.59 Å². The minimum Gasteiger partial charge on any atom is -0.496 e. The molecule has 3 rings (SSSR count). The molecular weight excluding hydrogens is 346 g/mol. The van der Waals surface area contributed by atoms with Crippen LogP contribution < -0.4 is 15.4 Å². The van der Waals surface area contributed by atoms with Crippen LogP contribution in [0.5, 0.6) is 5.75 Å². The van der Waals surface area contributed by atoms with E-state index < -0.39 is 11.8 Å². The van der Waals surface area contributed by atoms with E-state index in [-0.39, 0.29) is 6.04 Å². The van der Waals surface area contributed by atoms with Crippen LogP contribution in [0.3, 0.4) is 0 Å². The maximum Gasteiger partial charge on any atom is 0.313 e. The summed E-state index contributed by atoms with van der Waals surface area (Å²) in [6, 6.07) is 14.1. The molecule has 0 aliphatic heterocycles. The molecule has 1 atom stereocenters. The summed E-state index contributed by atoms with van der Waals surface area (Å²) in [5, 5.41) is 5.24. The molecule has 0 radical (unpaired) electrons. The van der Waals surface area contributed by atoms with E-state index in [1.54, 1.807) is 24.4 Å². The van der Waals surface area contributed by atoms with Gasteiger partial charge in [0.2, 0.25) is 0 Å². The van der Waals surface area contributed by atoms with E-state index in [0.717, 1.165) is 5.56 Å². The average molecular weight is 365 g/mol.